The molecular formula is C55H34N4S. The highest BCUT2D eigenvalue weighted by Crippen LogP contribution is 2.42. The SMILES string of the molecule is c1ccc(-c2ccccc2-c2nc(-c3ccccc3-c3cccc4ccc(-n5c6ccccc6c6ccccc65)cc34)nc(-c3cccc4c3sc3ccccc34)n2)cc1. The van der Waals surface area contributed by atoms with Crippen LogP contribution >= 0.6 is 11.3 Å². The van der Waals surface area contributed by atoms with E-state index in [2.05, 4.69) is 205 Å². The van der Waals surface area contributed by atoms with Crippen LogP contribution in [-0.4, -0.2) is 19.5 Å². The van der Waals surface area contributed by atoms with Gasteiger partial charge in [0.2, 0.25) is 0 Å². The van der Waals surface area contributed by atoms with Gasteiger partial charge in [-0.1, -0.05) is 170 Å². The van der Waals surface area contributed by atoms with E-state index < -0.39 is 0 Å². The zero-order valence-electron chi connectivity index (χ0n) is 32.3. The Morgan fingerprint density at radius 2 is 0.850 bits per heavy atom. The minimum Gasteiger partial charge on any atom is -0.309 e. The summed E-state index contributed by atoms with van der Waals surface area (Å²) in [6, 6.07) is 73.3. The topological polar surface area (TPSA) is 43.6 Å². The fraction of sp³-hybridized carbons (Fsp3) is 0. The minimum absolute atomic E-state index is 0.627. The van der Waals surface area contributed by atoms with Gasteiger partial charge in [0.15, 0.2) is 17.5 Å². The lowest BCUT2D eigenvalue weighted by molar-refractivity contribution is 1.08. The smallest absolute Gasteiger partial charge is 0.165 e. The van der Waals surface area contributed by atoms with Crippen molar-refractivity contribution in [2.75, 3.05) is 0 Å². The van der Waals surface area contributed by atoms with E-state index >= 15 is 0 Å². The quantitative estimate of drug-likeness (QED) is 0.169. The zero-order valence-corrected chi connectivity index (χ0v) is 33.1. The van der Waals surface area contributed by atoms with Gasteiger partial charge in [0.1, 0.15) is 0 Å². The number of thiophene rings is 1. The second-order valence-electron chi connectivity index (χ2n) is 15.1. The first-order valence-electron chi connectivity index (χ1n) is 20.2. The molecule has 0 fully saturated rings. The zero-order chi connectivity index (χ0) is 39.6. The predicted molar refractivity (Wildman–Crippen MR) is 252 cm³/mol. The molecule has 280 valence electrons. The van der Waals surface area contributed by atoms with Gasteiger partial charge >= 0.3 is 0 Å². The molecule has 0 saturated carbocycles. The highest BCUT2D eigenvalue weighted by Gasteiger charge is 2.21. The van der Waals surface area contributed by atoms with E-state index in [0.29, 0.717) is 17.5 Å². The molecule has 12 rings (SSSR count). The maximum atomic E-state index is 5.40. The van der Waals surface area contributed by atoms with Crippen LogP contribution in [0.1, 0.15) is 0 Å². The first-order valence-corrected chi connectivity index (χ1v) is 21.0. The summed E-state index contributed by atoms with van der Waals surface area (Å²) in [5, 5.41) is 7.25. The van der Waals surface area contributed by atoms with Crippen LogP contribution in [0, 0.1) is 0 Å². The summed E-state index contributed by atoms with van der Waals surface area (Å²) in [7, 11) is 0. The van der Waals surface area contributed by atoms with Crippen LogP contribution < -0.4 is 0 Å². The van der Waals surface area contributed by atoms with Gasteiger partial charge in [-0.3, -0.25) is 0 Å². The molecule has 12 aromatic rings. The second kappa shape index (κ2) is 14.0. The summed E-state index contributed by atoms with van der Waals surface area (Å²) in [5.41, 5.74) is 10.7. The molecule has 3 aromatic heterocycles. The number of hydrogen-bond acceptors (Lipinski definition) is 4. The number of fused-ring (bicyclic) bond motifs is 7. The molecule has 0 spiro atoms. The maximum Gasteiger partial charge on any atom is 0.165 e. The summed E-state index contributed by atoms with van der Waals surface area (Å²) in [5.74, 6) is 1.91. The highest BCUT2D eigenvalue weighted by atomic mass is 32.1. The molecule has 0 bridgehead atoms. The van der Waals surface area contributed by atoms with E-state index in [-0.39, 0.29) is 0 Å². The van der Waals surface area contributed by atoms with Gasteiger partial charge in [-0.05, 0) is 69.4 Å². The standard InChI is InChI=1S/C55H34N4S/c1-2-16-35(17-3-1)38-19-4-6-24-45(38)53-56-54(58-55(57-53)47-28-15-27-44-43-23-10-13-31-51(43)60-52(44)47)46-25-7-5-20-39(46)40-26-14-18-36-32-33-37(34-48(36)40)59-49-29-11-8-21-41(49)42-22-9-12-30-50(42)59/h1-34H. The lowest BCUT2D eigenvalue weighted by Crippen LogP contribution is -2.02. The van der Waals surface area contributed by atoms with Crippen LogP contribution in [0.25, 0.3) is 115 Å². The van der Waals surface area contributed by atoms with Crippen LogP contribution in [0.2, 0.25) is 0 Å². The van der Waals surface area contributed by atoms with E-state index in [9.17, 15) is 0 Å². The van der Waals surface area contributed by atoms with Crippen LogP contribution in [0.5, 0.6) is 0 Å². The Balaban J connectivity index is 1.09. The third-order valence-electron chi connectivity index (χ3n) is 11.7. The fourth-order valence-corrected chi connectivity index (χ4v) is 10.2. The Morgan fingerprint density at radius 1 is 0.333 bits per heavy atom. The van der Waals surface area contributed by atoms with Crippen molar-refractivity contribution in [3.05, 3.63) is 206 Å². The number of rotatable bonds is 6. The fourth-order valence-electron chi connectivity index (χ4n) is 8.96. The average Bonchev–Trinajstić information content (AvgIpc) is 3.87. The van der Waals surface area contributed by atoms with Gasteiger partial charge in [-0.25, -0.2) is 15.0 Å². The highest BCUT2D eigenvalue weighted by molar-refractivity contribution is 7.26. The Morgan fingerprint density at radius 3 is 1.58 bits per heavy atom. The third-order valence-corrected chi connectivity index (χ3v) is 12.9. The van der Waals surface area contributed by atoms with Crippen molar-refractivity contribution in [1.82, 2.24) is 19.5 Å². The predicted octanol–water partition coefficient (Wildman–Crippen LogP) is 14.8. The molecule has 0 aliphatic rings. The molecule has 0 amide bonds. The van der Waals surface area contributed by atoms with E-state index in [1.807, 2.05) is 6.07 Å². The average molecular weight is 783 g/mol. The molecule has 3 heterocycles. The molecule has 0 aliphatic heterocycles. The number of aromatic nitrogens is 4. The van der Waals surface area contributed by atoms with Crippen LogP contribution in [0.15, 0.2) is 206 Å². The van der Waals surface area contributed by atoms with E-state index in [1.54, 1.807) is 11.3 Å². The minimum atomic E-state index is 0.627. The molecular weight excluding hydrogens is 749 g/mol. The summed E-state index contributed by atoms with van der Waals surface area (Å²) < 4.78 is 4.79. The van der Waals surface area contributed by atoms with Crippen LogP contribution in [0.3, 0.4) is 0 Å². The van der Waals surface area contributed by atoms with Gasteiger partial charge in [0.25, 0.3) is 0 Å². The van der Waals surface area contributed by atoms with Crippen molar-refractivity contribution in [3.8, 4) is 62.1 Å². The molecule has 0 unspecified atom stereocenters. The molecule has 0 radical (unpaired) electrons. The van der Waals surface area contributed by atoms with E-state index in [1.165, 1.54) is 37.3 Å². The largest absolute Gasteiger partial charge is 0.309 e. The van der Waals surface area contributed by atoms with Gasteiger partial charge < -0.3 is 4.57 Å². The third kappa shape index (κ3) is 5.55. The van der Waals surface area contributed by atoms with Crippen LogP contribution in [-0.2, 0) is 0 Å². The van der Waals surface area contributed by atoms with Gasteiger partial charge in [0, 0.05) is 53.3 Å². The summed E-state index contributed by atoms with van der Waals surface area (Å²) in [6.07, 6.45) is 0. The van der Waals surface area contributed by atoms with E-state index in [0.717, 1.165) is 60.1 Å². The molecule has 9 aromatic carbocycles. The Kier molecular flexibility index (Phi) is 8.00. The molecule has 0 aliphatic carbocycles. The lowest BCUT2D eigenvalue weighted by Gasteiger charge is -2.16. The first-order chi connectivity index (χ1) is 29.8. The Hall–Kier alpha value is -7.73. The van der Waals surface area contributed by atoms with Crippen molar-refractivity contribution >= 4 is 64.1 Å². The summed E-state index contributed by atoms with van der Waals surface area (Å²) in [4.78, 5) is 16.1. The van der Waals surface area contributed by atoms with Crippen molar-refractivity contribution < 1.29 is 0 Å². The van der Waals surface area contributed by atoms with Gasteiger partial charge in [-0.2, -0.15) is 0 Å². The number of hydrogen-bond donors (Lipinski definition) is 0. The first kappa shape index (κ1) is 34.3. The molecule has 4 nitrogen and oxygen atoms in total. The number of nitrogens with zero attached hydrogens (tertiary/aromatic N) is 4. The Bertz CT molecular complexity index is 3570. The van der Waals surface area contributed by atoms with Crippen molar-refractivity contribution in [1.29, 1.82) is 0 Å². The van der Waals surface area contributed by atoms with Gasteiger partial charge in [0.05, 0.1) is 11.0 Å². The molecule has 60 heavy (non-hydrogen) atoms. The van der Waals surface area contributed by atoms with E-state index in [4.69, 9.17) is 15.0 Å². The van der Waals surface area contributed by atoms with Gasteiger partial charge in [-0.15, -0.1) is 11.3 Å². The Labute approximate surface area is 350 Å². The number of benzene rings is 9. The van der Waals surface area contributed by atoms with Crippen LogP contribution in [0.4, 0.5) is 0 Å². The lowest BCUT2D eigenvalue weighted by atomic mass is 9.93. The van der Waals surface area contributed by atoms with Crippen molar-refractivity contribution in [2.45, 2.75) is 0 Å². The second-order valence-corrected chi connectivity index (χ2v) is 16.2. The normalized spacial score (nSPS) is 11.7. The molecule has 0 atom stereocenters. The molecule has 0 N–H and O–H groups in total. The monoisotopic (exact) mass is 782 g/mol. The number of para-hydroxylation sites is 2. The van der Waals surface area contributed by atoms with Crippen molar-refractivity contribution in [3.63, 3.8) is 0 Å². The molecule has 0 saturated heterocycles. The maximum absolute atomic E-state index is 5.40. The molecule has 5 heteroatoms. The summed E-state index contributed by atoms with van der Waals surface area (Å²) in [6.45, 7) is 0. The van der Waals surface area contributed by atoms with Crippen molar-refractivity contribution in [2.24, 2.45) is 0 Å². The summed E-state index contributed by atoms with van der Waals surface area (Å²) >= 11 is 1.79.